The van der Waals surface area contributed by atoms with Gasteiger partial charge >= 0.3 is 5.69 Å². The lowest BCUT2D eigenvalue weighted by Gasteiger charge is -1.93. The predicted molar refractivity (Wildman–Crippen MR) is 45.3 cm³/mol. The van der Waals surface area contributed by atoms with E-state index in [4.69, 9.17) is 5.11 Å². The van der Waals surface area contributed by atoms with Gasteiger partial charge in [-0.15, -0.1) is 0 Å². The van der Waals surface area contributed by atoms with Crippen molar-refractivity contribution in [1.82, 2.24) is 9.55 Å². The summed E-state index contributed by atoms with van der Waals surface area (Å²) in [5, 5.41) is 8.72. The third-order valence-electron chi connectivity index (χ3n) is 1.09. The van der Waals surface area contributed by atoms with Crippen molar-refractivity contribution in [3.63, 3.8) is 0 Å². The van der Waals surface area contributed by atoms with Crippen LogP contribution in [0.4, 0.5) is 0 Å². The van der Waals surface area contributed by atoms with Crippen molar-refractivity contribution in [3.8, 4) is 5.75 Å². The van der Waals surface area contributed by atoms with Gasteiger partial charge in [0.05, 0.1) is 6.20 Å². The third kappa shape index (κ3) is 2.26. The van der Waals surface area contributed by atoms with Crippen LogP contribution in [0.15, 0.2) is 15.8 Å². The fourth-order valence-corrected chi connectivity index (χ4v) is 0.550. The van der Waals surface area contributed by atoms with Gasteiger partial charge in [0.1, 0.15) is 0 Å². The molecular formula is C7H12N2O3. The Bertz CT molecular complexity index is 319. The monoisotopic (exact) mass is 172 g/mol. The van der Waals surface area contributed by atoms with Crippen LogP contribution in [0.5, 0.6) is 5.75 Å². The molecule has 0 unspecified atom stereocenters. The molecule has 5 heteroatoms. The van der Waals surface area contributed by atoms with E-state index in [9.17, 15) is 9.59 Å². The Kier molecular flexibility index (Phi) is 3.82. The third-order valence-corrected chi connectivity index (χ3v) is 1.09. The largest absolute Gasteiger partial charge is 0.502 e. The summed E-state index contributed by atoms with van der Waals surface area (Å²) in [6.07, 6.45) is 1.06. The Hall–Kier alpha value is -1.52. The van der Waals surface area contributed by atoms with Gasteiger partial charge in [0, 0.05) is 7.05 Å². The summed E-state index contributed by atoms with van der Waals surface area (Å²) < 4.78 is 1.08. The van der Waals surface area contributed by atoms with E-state index in [0.29, 0.717) is 0 Å². The van der Waals surface area contributed by atoms with Crippen molar-refractivity contribution in [2.24, 2.45) is 7.05 Å². The fraction of sp³-hybridized carbons (Fsp3) is 0.429. The molecule has 0 aliphatic rings. The number of aromatic hydroxyl groups is 1. The number of nitrogens with zero attached hydrogens (tertiary/aromatic N) is 1. The minimum atomic E-state index is -0.761. The second-order valence-corrected chi connectivity index (χ2v) is 1.88. The highest BCUT2D eigenvalue weighted by molar-refractivity contribution is 5.08. The first kappa shape index (κ1) is 10.5. The topological polar surface area (TPSA) is 75.1 Å². The molecule has 0 spiro atoms. The maximum atomic E-state index is 10.6. The SMILES string of the molecule is CC.Cn1cc(O)c(=O)[nH]c1=O. The van der Waals surface area contributed by atoms with E-state index in [2.05, 4.69) is 0 Å². The molecule has 1 aromatic rings. The van der Waals surface area contributed by atoms with Gasteiger partial charge < -0.3 is 5.11 Å². The highest BCUT2D eigenvalue weighted by Gasteiger charge is 1.96. The summed E-state index contributed by atoms with van der Waals surface area (Å²) in [6.45, 7) is 4.00. The Labute approximate surface area is 69.3 Å². The minimum Gasteiger partial charge on any atom is -0.502 e. The van der Waals surface area contributed by atoms with Crippen LogP contribution in [0, 0.1) is 0 Å². The van der Waals surface area contributed by atoms with Crippen LogP contribution in [-0.2, 0) is 7.05 Å². The highest BCUT2D eigenvalue weighted by Crippen LogP contribution is 1.89. The number of nitrogens with one attached hydrogen (secondary N) is 1. The number of aryl methyl sites for hydroxylation is 1. The first-order valence-electron chi connectivity index (χ1n) is 3.60. The normalized spacial score (nSPS) is 8.58. The summed E-state index contributed by atoms with van der Waals surface area (Å²) in [6, 6.07) is 0. The summed E-state index contributed by atoms with van der Waals surface area (Å²) >= 11 is 0. The zero-order chi connectivity index (χ0) is 9.72. The molecule has 12 heavy (non-hydrogen) atoms. The van der Waals surface area contributed by atoms with E-state index in [1.165, 1.54) is 7.05 Å². The molecule has 1 aromatic heterocycles. The van der Waals surface area contributed by atoms with Crippen LogP contribution in [0.3, 0.4) is 0 Å². The lowest BCUT2D eigenvalue weighted by Crippen LogP contribution is -2.26. The second kappa shape index (κ2) is 4.38. The maximum absolute atomic E-state index is 10.6. The molecule has 5 nitrogen and oxygen atoms in total. The molecule has 0 radical (unpaired) electrons. The van der Waals surface area contributed by atoms with Crippen molar-refractivity contribution in [2.75, 3.05) is 0 Å². The molecule has 0 fully saturated rings. The van der Waals surface area contributed by atoms with Gasteiger partial charge in [0.25, 0.3) is 5.56 Å². The zero-order valence-corrected chi connectivity index (χ0v) is 7.29. The van der Waals surface area contributed by atoms with E-state index >= 15 is 0 Å². The van der Waals surface area contributed by atoms with Crippen LogP contribution in [-0.4, -0.2) is 14.7 Å². The van der Waals surface area contributed by atoms with Crippen LogP contribution >= 0.6 is 0 Å². The summed E-state index contributed by atoms with van der Waals surface area (Å²) in [5.41, 5.74) is -1.30. The number of rotatable bonds is 0. The molecule has 1 heterocycles. The Morgan fingerprint density at radius 1 is 1.42 bits per heavy atom. The molecule has 0 aliphatic heterocycles. The van der Waals surface area contributed by atoms with Gasteiger partial charge in [-0.3, -0.25) is 14.3 Å². The lowest BCUT2D eigenvalue weighted by atomic mass is 10.6. The van der Waals surface area contributed by atoms with Gasteiger partial charge in [0.2, 0.25) is 0 Å². The van der Waals surface area contributed by atoms with E-state index in [-0.39, 0.29) is 0 Å². The number of H-pyrrole nitrogens is 1. The lowest BCUT2D eigenvalue weighted by molar-refractivity contribution is 0.456. The van der Waals surface area contributed by atoms with Crippen molar-refractivity contribution in [2.45, 2.75) is 13.8 Å². The van der Waals surface area contributed by atoms with Gasteiger partial charge in [-0.1, -0.05) is 13.8 Å². The molecular weight excluding hydrogens is 160 g/mol. The van der Waals surface area contributed by atoms with Crippen LogP contribution in [0.1, 0.15) is 13.8 Å². The predicted octanol–water partition coefficient (Wildman–Crippen LogP) is -0.195. The first-order chi connectivity index (χ1) is 5.61. The van der Waals surface area contributed by atoms with Crippen LogP contribution < -0.4 is 11.2 Å². The average molecular weight is 172 g/mol. The van der Waals surface area contributed by atoms with Crippen LogP contribution in [0.2, 0.25) is 0 Å². The van der Waals surface area contributed by atoms with Gasteiger partial charge in [-0.05, 0) is 0 Å². The molecule has 0 bridgehead atoms. The molecule has 0 amide bonds. The van der Waals surface area contributed by atoms with Gasteiger partial charge in [0.15, 0.2) is 5.75 Å². The molecule has 0 atom stereocenters. The molecule has 68 valence electrons. The molecule has 0 saturated heterocycles. The van der Waals surface area contributed by atoms with E-state index in [1.807, 2.05) is 18.8 Å². The molecule has 2 N–H and O–H groups in total. The standard InChI is InChI=1S/C5H6N2O3.C2H6/c1-7-2-3(8)4(9)6-5(7)10;1-2/h2,8H,1H3,(H,6,9,10);1-2H3. The Morgan fingerprint density at radius 2 is 1.92 bits per heavy atom. The van der Waals surface area contributed by atoms with Gasteiger partial charge in [-0.2, -0.15) is 0 Å². The summed E-state index contributed by atoms with van der Waals surface area (Å²) in [4.78, 5) is 23.0. The molecule has 0 aromatic carbocycles. The Morgan fingerprint density at radius 3 is 2.33 bits per heavy atom. The summed E-state index contributed by atoms with van der Waals surface area (Å²) in [7, 11) is 1.43. The average Bonchev–Trinajstić information content (AvgIpc) is 2.05. The molecule has 0 aliphatic carbocycles. The van der Waals surface area contributed by atoms with Crippen molar-refractivity contribution in [3.05, 3.63) is 27.0 Å². The van der Waals surface area contributed by atoms with Crippen LogP contribution in [0.25, 0.3) is 0 Å². The number of hydrogen-bond donors (Lipinski definition) is 2. The van der Waals surface area contributed by atoms with Crippen molar-refractivity contribution < 1.29 is 5.11 Å². The quantitative estimate of drug-likeness (QED) is 0.569. The van der Waals surface area contributed by atoms with E-state index in [0.717, 1.165) is 10.8 Å². The molecule has 1 rings (SSSR count). The smallest absolute Gasteiger partial charge is 0.328 e. The number of aromatic nitrogens is 2. The Balaban J connectivity index is 0.000000561. The van der Waals surface area contributed by atoms with Crippen molar-refractivity contribution in [1.29, 1.82) is 0 Å². The zero-order valence-electron chi connectivity index (χ0n) is 7.29. The second-order valence-electron chi connectivity index (χ2n) is 1.88. The van der Waals surface area contributed by atoms with E-state index in [1.54, 1.807) is 0 Å². The first-order valence-corrected chi connectivity index (χ1v) is 3.60. The highest BCUT2D eigenvalue weighted by atomic mass is 16.3. The van der Waals surface area contributed by atoms with Crippen molar-refractivity contribution >= 4 is 0 Å². The summed E-state index contributed by atoms with van der Waals surface area (Å²) in [5.74, 6) is -0.456. The maximum Gasteiger partial charge on any atom is 0.328 e. The van der Waals surface area contributed by atoms with E-state index < -0.39 is 17.0 Å². The number of aromatic amines is 1. The van der Waals surface area contributed by atoms with Gasteiger partial charge in [-0.25, -0.2) is 4.79 Å². The fourth-order valence-electron chi connectivity index (χ4n) is 0.550. The number of hydrogen-bond acceptors (Lipinski definition) is 3. The molecule has 0 saturated carbocycles. The minimum absolute atomic E-state index is 0.456.